The fraction of sp³-hybridized carbons (Fsp3) is 0.167. The van der Waals surface area contributed by atoms with Gasteiger partial charge in [-0.15, -0.1) is 11.3 Å². The zero-order chi connectivity index (χ0) is 14.8. The Morgan fingerprint density at radius 1 is 1.40 bits per heavy atom. The molecule has 0 aliphatic rings. The minimum absolute atomic E-state index is 0.0484. The van der Waals surface area contributed by atoms with E-state index < -0.39 is 10.0 Å². The number of nitrogens with two attached hydrogens (primary N) is 1. The second-order valence-corrected chi connectivity index (χ2v) is 7.87. The Morgan fingerprint density at radius 3 is 2.70 bits per heavy atom. The van der Waals surface area contributed by atoms with E-state index in [0.29, 0.717) is 18.0 Å². The lowest BCUT2D eigenvalue weighted by Gasteiger charge is -2.11. The van der Waals surface area contributed by atoms with Crippen LogP contribution >= 0.6 is 27.3 Å². The van der Waals surface area contributed by atoms with Crippen LogP contribution in [0.4, 0.5) is 5.69 Å². The molecule has 0 amide bonds. The molecule has 0 saturated carbocycles. The van der Waals surface area contributed by atoms with Gasteiger partial charge in [-0.3, -0.25) is 0 Å². The van der Waals surface area contributed by atoms with Crippen LogP contribution in [0.3, 0.4) is 0 Å². The third-order valence-corrected chi connectivity index (χ3v) is 5.07. The molecule has 1 heterocycles. The van der Waals surface area contributed by atoms with Gasteiger partial charge in [0.15, 0.2) is 0 Å². The van der Waals surface area contributed by atoms with Gasteiger partial charge in [-0.05, 0) is 51.1 Å². The van der Waals surface area contributed by atoms with Crippen molar-refractivity contribution in [2.75, 3.05) is 12.4 Å². The van der Waals surface area contributed by atoms with Crippen LogP contribution in [0.15, 0.2) is 38.3 Å². The number of methoxy groups -OCH3 is 1. The molecule has 0 atom stereocenters. The summed E-state index contributed by atoms with van der Waals surface area (Å²) in [6.45, 7) is 0.562. The Balaban J connectivity index is 2.24. The quantitative estimate of drug-likeness (QED) is 0.840. The Hall–Kier alpha value is -1.09. The monoisotopic (exact) mass is 376 g/mol. The summed E-state index contributed by atoms with van der Waals surface area (Å²) < 4.78 is 29.0. The predicted molar refractivity (Wildman–Crippen MR) is 83.7 cm³/mol. The van der Waals surface area contributed by atoms with Gasteiger partial charge in [0.05, 0.1) is 21.5 Å². The number of halogens is 1. The molecule has 0 aliphatic carbocycles. The van der Waals surface area contributed by atoms with Crippen LogP contribution in [-0.4, -0.2) is 15.5 Å². The van der Waals surface area contributed by atoms with Gasteiger partial charge in [0, 0.05) is 6.54 Å². The normalized spacial score (nSPS) is 11.3. The smallest absolute Gasteiger partial charge is 0.238 e. The molecule has 3 N–H and O–H groups in total. The molecule has 0 spiro atoms. The SMILES string of the molecule is COc1ccc(S(N)(=O)=O)cc1NCc1csc(Br)c1. The number of benzene rings is 1. The number of nitrogens with one attached hydrogen (secondary N) is 1. The molecule has 1 aromatic carbocycles. The number of anilines is 1. The second kappa shape index (κ2) is 6.13. The van der Waals surface area contributed by atoms with Crippen LogP contribution in [0.1, 0.15) is 5.56 Å². The van der Waals surface area contributed by atoms with Gasteiger partial charge < -0.3 is 10.1 Å². The Kier molecular flexibility index (Phi) is 4.69. The van der Waals surface area contributed by atoms with E-state index in [-0.39, 0.29) is 4.90 Å². The first kappa shape index (κ1) is 15.3. The minimum Gasteiger partial charge on any atom is -0.495 e. The summed E-state index contributed by atoms with van der Waals surface area (Å²) in [5, 5.41) is 10.3. The number of hydrogen-bond acceptors (Lipinski definition) is 5. The van der Waals surface area contributed by atoms with Crippen molar-refractivity contribution in [3.05, 3.63) is 39.0 Å². The average Bonchev–Trinajstić information content (AvgIpc) is 2.80. The van der Waals surface area contributed by atoms with E-state index in [1.807, 2.05) is 11.4 Å². The van der Waals surface area contributed by atoms with Crippen LogP contribution in [0.2, 0.25) is 0 Å². The predicted octanol–water partition coefficient (Wildman–Crippen LogP) is 2.78. The molecule has 8 heteroatoms. The first-order chi connectivity index (χ1) is 9.40. The Morgan fingerprint density at radius 2 is 2.15 bits per heavy atom. The van der Waals surface area contributed by atoms with Crippen molar-refractivity contribution in [1.82, 2.24) is 0 Å². The standard InChI is InChI=1S/C12H13BrN2O3S2/c1-18-11-3-2-9(20(14,16)17)5-10(11)15-6-8-4-12(13)19-7-8/h2-5,7,15H,6H2,1H3,(H2,14,16,17). The third kappa shape index (κ3) is 3.72. The molecule has 0 bridgehead atoms. The summed E-state index contributed by atoms with van der Waals surface area (Å²) in [5.74, 6) is 0.562. The van der Waals surface area contributed by atoms with Gasteiger partial charge in [-0.1, -0.05) is 0 Å². The van der Waals surface area contributed by atoms with Crippen LogP contribution < -0.4 is 15.2 Å². The average molecular weight is 377 g/mol. The maximum Gasteiger partial charge on any atom is 0.238 e. The maximum atomic E-state index is 11.4. The Bertz CT molecular complexity index is 713. The van der Waals surface area contributed by atoms with Crippen molar-refractivity contribution in [3.8, 4) is 5.75 Å². The largest absolute Gasteiger partial charge is 0.495 e. The highest BCUT2D eigenvalue weighted by Gasteiger charge is 2.12. The number of sulfonamides is 1. The summed E-state index contributed by atoms with van der Waals surface area (Å²) in [6, 6.07) is 6.45. The van der Waals surface area contributed by atoms with Crippen molar-refractivity contribution in [1.29, 1.82) is 0 Å². The van der Waals surface area contributed by atoms with Crippen molar-refractivity contribution < 1.29 is 13.2 Å². The molecule has 1 aromatic heterocycles. The van der Waals surface area contributed by atoms with Gasteiger partial charge in [0.2, 0.25) is 10.0 Å². The number of hydrogen-bond donors (Lipinski definition) is 2. The van der Waals surface area contributed by atoms with E-state index >= 15 is 0 Å². The fourth-order valence-corrected chi connectivity index (χ4v) is 3.39. The first-order valence-electron chi connectivity index (χ1n) is 5.58. The van der Waals surface area contributed by atoms with E-state index in [2.05, 4.69) is 21.2 Å². The second-order valence-electron chi connectivity index (χ2n) is 4.02. The highest BCUT2D eigenvalue weighted by Crippen LogP contribution is 2.28. The van der Waals surface area contributed by atoms with E-state index in [1.54, 1.807) is 17.4 Å². The van der Waals surface area contributed by atoms with Gasteiger partial charge in [-0.25, -0.2) is 13.6 Å². The van der Waals surface area contributed by atoms with E-state index in [1.165, 1.54) is 19.2 Å². The van der Waals surface area contributed by atoms with Crippen LogP contribution in [0, 0.1) is 0 Å². The zero-order valence-corrected chi connectivity index (χ0v) is 13.8. The highest BCUT2D eigenvalue weighted by molar-refractivity contribution is 9.11. The summed E-state index contributed by atoms with van der Waals surface area (Å²) in [6.07, 6.45) is 0. The maximum absolute atomic E-state index is 11.4. The van der Waals surface area contributed by atoms with Crippen molar-refractivity contribution >= 4 is 43.0 Å². The van der Waals surface area contributed by atoms with Gasteiger partial charge in [-0.2, -0.15) is 0 Å². The lowest BCUT2D eigenvalue weighted by atomic mass is 10.2. The van der Waals surface area contributed by atoms with Crippen molar-refractivity contribution in [2.24, 2.45) is 5.14 Å². The molecule has 2 aromatic rings. The lowest BCUT2D eigenvalue weighted by Crippen LogP contribution is -2.12. The van der Waals surface area contributed by atoms with E-state index in [9.17, 15) is 8.42 Å². The summed E-state index contributed by atoms with van der Waals surface area (Å²) in [7, 11) is -2.20. The Labute approximate surface area is 129 Å². The summed E-state index contributed by atoms with van der Waals surface area (Å²) in [4.78, 5) is 0.0484. The molecule has 20 heavy (non-hydrogen) atoms. The molecular formula is C12H13BrN2O3S2. The lowest BCUT2D eigenvalue weighted by molar-refractivity contribution is 0.416. The fourth-order valence-electron chi connectivity index (χ4n) is 1.64. The highest BCUT2D eigenvalue weighted by atomic mass is 79.9. The number of primary sulfonamides is 1. The van der Waals surface area contributed by atoms with Crippen LogP contribution in [0.5, 0.6) is 5.75 Å². The van der Waals surface area contributed by atoms with E-state index in [0.717, 1.165) is 9.35 Å². The van der Waals surface area contributed by atoms with Crippen LogP contribution in [0.25, 0.3) is 0 Å². The van der Waals surface area contributed by atoms with Crippen molar-refractivity contribution in [3.63, 3.8) is 0 Å². The molecule has 2 rings (SSSR count). The zero-order valence-electron chi connectivity index (χ0n) is 10.6. The molecule has 0 unspecified atom stereocenters. The van der Waals surface area contributed by atoms with Gasteiger partial charge >= 0.3 is 0 Å². The summed E-state index contributed by atoms with van der Waals surface area (Å²) in [5.41, 5.74) is 1.67. The number of ether oxygens (including phenoxy) is 1. The van der Waals surface area contributed by atoms with Gasteiger partial charge in [0.25, 0.3) is 0 Å². The molecule has 0 fully saturated rings. The summed E-state index contributed by atoms with van der Waals surface area (Å²) >= 11 is 4.98. The van der Waals surface area contributed by atoms with E-state index in [4.69, 9.17) is 9.88 Å². The number of thiophene rings is 1. The van der Waals surface area contributed by atoms with Crippen LogP contribution in [-0.2, 0) is 16.6 Å². The minimum atomic E-state index is -3.73. The molecule has 0 radical (unpaired) electrons. The molecule has 108 valence electrons. The third-order valence-electron chi connectivity index (χ3n) is 2.60. The topological polar surface area (TPSA) is 81.4 Å². The van der Waals surface area contributed by atoms with Gasteiger partial charge in [0.1, 0.15) is 5.75 Å². The number of rotatable bonds is 5. The van der Waals surface area contributed by atoms with Crippen molar-refractivity contribution in [2.45, 2.75) is 11.4 Å². The molecular weight excluding hydrogens is 364 g/mol. The molecule has 5 nitrogen and oxygen atoms in total. The molecule has 0 saturated heterocycles. The first-order valence-corrected chi connectivity index (χ1v) is 8.79. The molecule has 0 aliphatic heterocycles.